The van der Waals surface area contributed by atoms with Gasteiger partial charge in [-0.2, -0.15) is 0 Å². The van der Waals surface area contributed by atoms with Gasteiger partial charge in [-0.15, -0.1) is 11.3 Å². The maximum atomic E-state index is 12.5. The number of carbonyl (C=O) groups excluding carboxylic acids is 2. The maximum Gasteiger partial charge on any atom is 0.247 e. The van der Waals surface area contributed by atoms with Crippen molar-refractivity contribution in [2.75, 3.05) is 45.2 Å². The van der Waals surface area contributed by atoms with Crippen LogP contribution >= 0.6 is 11.3 Å². The second kappa shape index (κ2) is 7.49. The third-order valence-corrected chi connectivity index (χ3v) is 5.77. The molecule has 0 radical (unpaired) electrons. The smallest absolute Gasteiger partial charge is 0.247 e. The first-order valence-electron chi connectivity index (χ1n) is 8.56. The summed E-state index contributed by atoms with van der Waals surface area (Å²) in [5.41, 5.74) is 1.42. The van der Waals surface area contributed by atoms with Gasteiger partial charge in [0, 0.05) is 30.6 Å². The molecule has 1 fully saturated rings. The summed E-state index contributed by atoms with van der Waals surface area (Å²) in [5.74, 6) is -0.0514. The van der Waals surface area contributed by atoms with E-state index in [0.29, 0.717) is 13.1 Å². The number of hydrogen-bond donors (Lipinski definition) is 0. The summed E-state index contributed by atoms with van der Waals surface area (Å²) in [6.45, 7) is 2.08. The number of likely N-dealkylation sites (N-methyl/N-ethyl adjacent to an activating group) is 1. The number of fused-ring (bicyclic) bond motifs is 1. The second-order valence-corrected chi connectivity index (χ2v) is 7.83. The molecule has 2 aliphatic rings. The Hall–Kier alpha value is -1.66. The monoisotopic (exact) mass is 347 g/mol. The fourth-order valence-corrected chi connectivity index (χ4v) is 4.47. The molecule has 3 rings (SSSR count). The highest BCUT2D eigenvalue weighted by Gasteiger charge is 2.29. The fourth-order valence-electron chi connectivity index (χ4n) is 3.17. The number of amides is 2. The van der Waals surface area contributed by atoms with Gasteiger partial charge in [-0.05, 0) is 51.4 Å². The van der Waals surface area contributed by atoms with Crippen LogP contribution in [0.2, 0.25) is 0 Å². The van der Waals surface area contributed by atoms with E-state index < -0.39 is 0 Å². The zero-order chi connectivity index (χ0) is 17.1. The maximum absolute atomic E-state index is 12.5. The third-order valence-electron chi connectivity index (χ3n) is 4.51. The second-order valence-electron chi connectivity index (χ2n) is 6.71. The summed E-state index contributed by atoms with van der Waals surface area (Å²) in [5, 5.41) is 1.06. The molecule has 1 aromatic rings. The molecule has 6 heteroatoms. The van der Waals surface area contributed by atoms with Crippen LogP contribution in [0.25, 0.3) is 0 Å². The predicted molar refractivity (Wildman–Crippen MR) is 97.6 cm³/mol. The molecule has 2 amide bonds. The van der Waals surface area contributed by atoms with Gasteiger partial charge in [0.1, 0.15) is 6.54 Å². The topological polar surface area (TPSA) is 43.9 Å². The Balaban J connectivity index is 1.61. The van der Waals surface area contributed by atoms with Crippen LogP contribution in [0.4, 0.5) is 5.00 Å². The Morgan fingerprint density at radius 3 is 2.79 bits per heavy atom. The molecule has 0 spiro atoms. The van der Waals surface area contributed by atoms with Crippen molar-refractivity contribution in [3.8, 4) is 0 Å². The molecule has 24 heavy (non-hydrogen) atoms. The van der Waals surface area contributed by atoms with Gasteiger partial charge in [0.15, 0.2) is 0 Å². The van der Waals surface area contributed by atoms with Gasteiger partial charge in [-0.3, -0.25) is 9.59 Å². The molecule has 1 aliphatic heterocycles. The van der Waals surface area contributed by atoms with Crippen molar-refractivity contribution < 1.29 is 9.59 Å². The molecule has 1 aromatic heterocycles. The summed E-state index contributed by atoms with van der Waals surface area (Å²) < 4.78 is 0. The van der Waals surface area contributed by atoms with Crippen molar-refractivity contribution in [1.82, 2.24) is 9.80 Å². The average Bonchev–Trinajstić information content (AvgIpc) is 2.97. The molecule has 0 N–H and O–H groups in total. The largest absolute Gasteiger partial charge is 0.328 e. The van der Waals surface area contributed by atoms with E-state index in [4.69, 9.17) is 0 Å². The minimum atomic E-state index is -0.0738. The number of thiophene rings is 1. The molecule has 130 valence electrons. The number of hydrogen-bond acceptors (Lipinski definition) is 4. The first-order valence-corrected chi connectivity index (χ1v) is 9.38. The van der Waals surface area contributed by atoms with Crippen molar-refractivity contribution in [3.63, 3.8) is 0 Å². The quantitative estimate of drug-likeness (QED) is 0.782. The lowest BCUT2D eigenvalue weighted by atomic mass is 9.99. The van der Waals surface area contributed by atoms with E-state index in [-0.39, 0.29) is 18.4 Å². The van der Waals surface area contributed by atoms with Gasteiger partial charge in [-0.1, -0.05) is 6.08 Å². The van der Waals surface area contributed by atoms with Crippen LogP contribution in [0.5, 0.6) is 0 Å². The van der Waals surface area contributed by atoms with Crippen molar-refractivity contribution in [1.29, 1.82) is 0 Å². The highest BCUT2D eigenvalue weighted by atomic mass is 32.1. The molecule has 1 aliphatic carbocycles. The van der Waals surface area contributed by atoms with Gasteiger partial charge in [0.2, 0.25) is 11.8 Å². The number of aryl methyl sites for hydroxylation is 2. The Morgan fingerprint density at radius 1 is 1.29 bits per heavy atom. The van der Waals surface area contributed by atoms with Crippen molar-refractivity contribution in [2.24, 2.45) is 0 Å². The van der Waals surface area contributed by atoms with Gasteiger partial charge >= 0.3 is 0 Å². The molecule has 5 nitrogen and oxygen atoms in total. The van der Waals surface area contributed by atoms with E-state index in [1.165, 1.54) is 23.3 Å². The van der Waals surface area contributed by atoms with E-state index in [9.17, 15) is 9.59 Å². The van der Waals surface area contributed by atoms with Crippen LogP contribution < -0.4 is 4.90 Å². The van der Waals surface area contributed by atoms with Crippen molar-refractivity contribution >= 4 is 28.2 Å². The number of carbonyl (C=O) groups is 2. The standard InChI is InChI=1S/C18H25N3O2S/c1-19(2)9-5-8-16(22)20-10-11-21(17(23)13-20)18-12-14-6-3-4-7-15(14)24-18/h5,8,12H,3-4,6-7,9-11,13H2,1-2H3/b8-5+. The molecule has 0 atom stereocenters. The number of anilines is 1. The molecule has 0 bridgehead atoms. The fraction of sp³-hybridized carbons (Fsp3) is 0.556. The van der Waals surface area contributed by atoms with Crippen molar-refractivity contribution in [2.45, 2.75) is 25.7 Å². The van der Waals surface area contributed by atoms with Crippen LogP contribution in [0.1, 0.15) is 23.3 Å². The summed E-state index contributed by atoms with van der Waals surface area (Å²) >= 11 is 1.75. The predicted octanol–water partition coefficient (Wildman–Crippen LogP) is 1.92. The van der Waals surface area contributed by atoms with Gasteiger partial charge in [0.25, 0.3) is 0 Å². The Bertz CT molecular complexity index is 627. The summed E-state index contributed by atoms with van der Waals surface area (Å²) in [6, 6.07) is 2.19. The summed E-state index contributed by atoms with van der Waals surface area (Å²) in [7, 11) is 3.91. The van der Waals surface area contributed by atoms with Crippen LogP contribution in [0.15, 0.2) is 18.2 Å². The Kier molecular flexibility index (Phi) is 5.36. The number of rotatable bonds is 4. The van der Waals surface area contributed by atoms with Crippen LogP contribution in [0, 0.1) is 0 Å². The van der Waals surface area contributed by atoms with Gasteiger partial charge in [0.05, 0.1) is 5.00 Å². The molecule has 0 saturated carbocycles. The van der Waals surface area contributed by atoms with Gasteiger partial charge in [-0.25, -0.2) is 0 Å². The third kappa shape index (κ3) is 3.87. The highest BCUT2D eigenvalue weighted by Crippen LogP contribution is 2.35. The minimum Gasteiger partial charge on any atom is -0.328 e. The molecular formula is C18H25N3O2S. The van der Waals surface area contributed by atoms with Crippen molar-refractivity contribution in [3.05, 3.63) is 28.7 Å². The van der Waals surface area contributed by atoms with E-state index >= 15 is 0 Å². The first-order chi connectivity index (χ1) is 11.5. The van der Waals surface area contributed by atoms with E-state index in [2.05, 4.69) is 6.07 Å². The first kappa shape index (κ1) is 17.2. The van der Waals surface area contributed by atoms with E-state index in [1.807, 2.05) is 30.0 Å². The number of piperazine rings is 1. The zero-order valence-corrected chi connectivity index (χ0v) is 15.3. The minimum absolute atomic E-state index is 0.0224. The lowest BCUT2D eigenvalue weighted by Crippen LogP contribution is -2.51. The SMILES string of the molecule is CN(C)C/C=C/C(=O)N1CCN(c2cc3c(s2)CCCC3)C(=O)C1. The molecular weight excluding hydrogens is 322 g/mol. The highest BCUT2D eigenvalue weighted by molar-refractivity contribution is 7.16. The number of nitrogens with zero attached hydrogens (tertiary/aromatic N) is 3. The van der Waals surface area contributed by atoms with Crippen LogP contribution in [0.3, 0.4) is 0 Å². The Morgan fingerprint density at radius 2 is 2.08 bits per heavy atom. The molecule has 2 heterocycles. The van der Waals surface area contributed by atoms with Gasteiger partial charge < -0.3 is 14.7 Å². The lowest BCUT2D eigenvalue weighted by Gasteiger charge is -2.33. The zero-order valence-electron chi connectivity index (χ0n) is 14.5. The van der Waals surface area contributed by atoms with Crippen LogP contribution in [-0.4, -0.2) is 61.9 Å². The Labute approximate surface area is 147 Å². The molecule has 0 aromatic carbocycles. The summed E-state index contributed by atoms with van der Waals surface area (Å²) in [4.78, 5) is 31.6. The molecule has 1 saturated heterocycles. The van der Waals surface area contributed by atoms with E-state index in [0.717, 1.165) is 24.4 Å². The average molecular weight is 347 g/mol. The molecule has 0 unspecified atom stereocenters. The lowest BCUT2D eigenvalue weighted by molar-refractivity contribution is -0.133. The normalized spacial score (nSPS) is 18.5. The summed E-state index contributed by atoms with van der Waals surface area (Å²) in [6.07, 6.45) is 8.19. The van der Waals surface area contributed by atoms with E-state index in [1.54, 1.807) is 22.3 Å². The van der Waals surface area contributed by atoms with Crippen LogP contribution in [-0.2, 0) is 22.4 Å².